The molecule has 0 bridgehead atoms. The first-order valence-corrected chi connectivity index (χ1v) is 8.04. The van der Waals surface area contributed by atoms with Crippen LogP contribution in [0.25, 0.3) is 0 Å². The van der Waals surface area contributed by atoms with E-state index in [4.69, 9.17) is 4.74 Å². The van der Waals surface area contributed by atoms with Crippen molar-refractivity contribution < 1.29 is 9.13 Å². The summed E-state index contributed by atoms with van der Waals surface area (Å²) in [4.78, 5) is 11.0. The predicted molar refractivity (Wildman–Crippen MR) is 86.1 cm³/mol. The Balaban J connectivity index is 1.73. The highest BCUT2D eigenvalue weighted by Crippen LogP contribution is 2.32. The van der Waals surface area contributed by atoms with Crippen LogP contribution in [-0.4, -0.2) is 28.5 Å². The van der Waals surface area contributed by atoms with Crippen LogP contribution < -0.4 is 0 Å². The molecular formula is C18H22FN3O. The second-order valence-electron chi connectivity index (χ2n) is 5.98. The number of aromatic nitrogens is 2. The van der Waals surface area contributed by atoms with Gasteiger partial charge in [-0.25, -0.2) is 14.4 Å². The van der Waals surface area contributed by atoms with E-state index in [2.05, 4.69) is 14.9 Å². The van der Waals surface area contributed by atoms with Crippen LogP contribution in [0.1, 0.15) is 42.3 Å². The first-order chi connectivity index (χ1) is 11.3. The van der Waals surface area contributed by atoms with E-state index in [0.717, 1.165) is 30.6 Å². The van der Waals surface area contributed by atoms with Crippen molar-refractivity contribution in [2.24, 2.45) is 0 Å². The number of piperidine rings is 1. The number of hydrogen-bond acceptors (Lipinski definition) is 4. The molecule has 0 N–H and O–H groups in total. The Morgan fingerprint density at radius 1 is 1.26 bits per heavy atom. The average Bonchev–Trinajstić information content (AvgIpc) is 2.57. The molecule has 23 heavy (non-hydrogen) atoms. The van der Waals surface area contributed by atoms with Crippen molar-refractivity contribution in [3.63, 3.8) is 0 Å². The fourth-order valence-corrected chi connectivity index (χ4v) is 3.17. The third-order valence-corrected chi connectivity index (χ3v) is 4.26. The van der Waals surface area contributed by atoms with E-state index < -0.39 is 0 Å². The monoisotopic (exact) mass is 315 g/mol. The lowest BCUT2D eigenvalue weighted by atomic mass is 9.95. The molecule has 0 aliphatic carbocycles. The SMILES string of the molecule is COCc1ncc(CN2CCCC[C@@H]2c2cccc(F)c2)cn1. The van der Waals surface area contributed by atoms with Crippen LogP contribution in [0.4, 0.5) is 4.39 Å². The van der Waals surface area contributed by atoms with Gasteiger partial charge in [0.2, 0.25) is 0 Å². The van der Waals surface area contributed by atoms with Crippen molar-refractivity contribution in [1.29, 1.82) is 0 Å². The van der Waals surface area contributed by atoms with Crippen LogP contribution in [0, 0.1) is 5.82 Å². The number of hydrogen-bond donors (Lipinski definition) is 0. The average molecular weight is 315 g/mol. The molecule has 122 valence electrons. The molecule has 1 aromatic carbocycles. The van der Waals surface area contributed by atoms with Gasteiger partial charge in [-0.15, -0.1) is 0 Å². The summed E-state index contributed by atoms with van der Waals surface area (Å²) < 4.78 is 18.6. The number of benzene rings is 1. The van der Waals surface area contributed by atoms with Crippen LogP contribution >= 0.6 is 0 Å². The van der Waals surface area contributed by atoms with E-state index in [1.807, 2.05) is 18.5 Å². The lowest BCUT2D eigenvalue weighted by Crippen LogP contribution is -2.33. The molecule has 1 saturated heterocycles. The molecule has 1 aliphatic rings. The van der Waals surface area contributed by atoms with E-state index in [0.29, 0.717) is 12.4 Å². The molecule has 5 heteroatoms. The normalized spacial score (nSPS) is 19.0. The Bertz CT molecular complexity index is 632. The molecule has 1 aliphatic heterocycles. The van der Waals surface area contributed by atoms with Gasteiger partial charge in [0.05, 0.1) is 0 Å². The summed E-state index contributed by atoms with van der Waals surface area (Å²) >= 11 is 0. The fraction of sp³-hybridized carbons (Fsp3) is 0.444. The molecular weight excluding hydrogens is 293 g/mol. The molecule has 0 amide bonds. The Labute approximate surface area is 136 Å². The number of nitrogens with zero attached hydrogens (tertiary/aromatic N) is 3. The smallest absolute Gasteiger partial charge is 0.153 e. The van der Waals surface area contributed by atoms with Crippen molar-refractivity contribution in [2.45, 2.75) is 38.5 Å². The van der Waals surface area contributed by atoms with Gasteiger partial charge in [0, 0.05) is 37.7 Å². The van der Waals surface area contributed by atoms with Gasteiger partial charge in [-0.3, -0.25) is 4.90 Å². The van der Waals surface area contributed by atoms with Gasteiger partial charge in [0.25, 0.3) is 0 Å². The largest absolute Gasteiger partial charge is 0.377 e. The highest BCUT2D eigenvalue weighted by atomic mass is 19.1. The minimum atomic E-state index is -0.166. The molecule has 0 saturated carbocycles. The Hall–Kier alpha value is -1.85. The summed E-state index contributed by atoms with van der Waals surface area (Å²) in [5.41, 5.74) is 2.13. The first-order valence-electron chi connectivity index (χ1n) is 8.04. The Morgan fingerprint density at radius 3 is 2.83 bits per heavy atom. The van der Waals surface area contributed by atoms with Gasteiger partial charge in [-0.1, -0.05) is 18.6 Å². The summed E-state index contributed by atoms with van der Waals surface area (Å²) in [7, 11) is 1.63. The quantitative estimate of drug-likeness (QED) is 0.846. The zero-order chi connectivity index (χ0) is 16.1. The van der Waals surface area contributed by atoms with E-state index >= 15 is 0 Å². The topological polar surface area (TPSA) is 38.2 Å². The van der Waals surface area contributed by atoms with Crippen LogP contribution in [0.5, 0.6) is 0 Å². The zero-order valence-corrected chi connectivity index (χ0v) is 13.4. The summed E-state index contributed by atoms with van der Waals surface area (Å²) in [5.74, 6) is 0.525. The van der Waals surface area contributed by atoms with Crippen LogP contribution in [0.15, 0.2) is 36.7 Å². The van der Waals surface area contributed by atoms with E-state index in [9.17, 15) is 4.39 Å². The summed E-state index contributed by atoms with van der Waals surface area (Å²) in [5, 5.41) is 0. The minimum absolute atomic E-state index is 0.166. The van der Waals surface area contributed by atoms with E-state index in [1.54, 1.807) is 19.2 Å². The predicted octanol–water partition coefficient (Wildman–Crippen LogP) is 3.49. The van der Waals surface area contributed by atoms with Gasteiger partial charge in [-0.2, -0.15) is 0 Å². The second kappa shape index (κ2) is 7.62. The van der Waals surface area contributed by atoms with Crippen molar-refractivity contribution in [3.05, 3.63) is 59.4 Å². The van der Waals surface area contributed by atoms with Crippen LogP contribution in [-0.2, 0) is 17.9 Å². The zero-order valence-electron chi connectivity index (χ0n) is 13.4. The van der Waals surface area contributed by atoms with Gasteiger partial charge in [-0.05, 0) is 37.1 Å². The molecule has 1 atom stereocenters. The maximum absolute atomic E-state index is 13.5. The molecule has 4 nitrogen and oxygen atoms in total. The molecule has 1 fully saturated rings. The molecule has 2 heterocycles. The van der Waals surface area contributed by atoms with Crippen LogP contribution in [0.3, 0.4) is 0 Å². The summed E-state index contributed by atoms with van der Waals surface area (Å²) in [6.45, 7) is 2.23. The van der Waals surface area contributed by atoms with Crippen molar-refractivity contribution >= 4 is 0 Å². The van der Waals surface area contributed by atoms with Gasteiger partial charge in [0.15, 0.2) is 5.82 Å². The van der Waals surface area contributed by atoms with Crippen molar-refractivity contribution in [3.8, 4) is 0 Å². The fourth-order valence-electron chi connectivity index (χ4n) is 3.17. The first kappa shape index (κ1) is 16.0. The third-order valence-electron chi connectivity index (χ3n) is 4.26. The molecule has 0 radical (unpaired) electrons. The molecule has 1 aromatic heterocycles. The van der Waals surface area contributed by atoms with Crippen LogP contribution in [0.2, 0.25) is 0 Å². The molecule has 0 spiro atoms. The Kier molecular flexibility index (Phi) is 5.31. The van der Waals surface area contributed by atoms with E-state index in [1.165, 1.54) is 18.9 Å². The number of rotatable bonds is 5. The maximum atomic E-state index is 13.5. The highest BCUT2D eigenvalue weighted by molar-refractivity contribution is 5.21. The standard InChI is InChI=1S/C18H22FN3O/c1-23-13-18-20-10-14(11-21-18)12-22-8-3-2-7-17(22)15-5-4-6-16(19)9-15/h4-6,9-11,17H,2-3,7-8,12-13H2,1H3/t17-/m1/s1. The highest BCUT2D eigenvalue weighted by Gasteiger charge is 2.24. The summed E-state index contributed by atoms with van der Waals surface area (Å²) in [6, 6.07) is 7.22. The van der Waals surface area contributed by atoms with Crippen molar-refractivity contribution in [1.82, 2.24) is 14.9 Å². The Morgan fingerprint density at radius 2 is 2.09 bits per heavy atom. The number of halogens is 1. The lowest BCUT2D eigenvalue weighted by Gasteiger charge is -2.36. The van der Waals surface area contributed by atoms with E-state index in [-0.39, 0.29) is 11.9 Å². The maximum Gasteiger partial charge on any atom is 0.153 e. The third kappa shape index (κ3) is 4.12. The lowest BCUT2D eigenvalue weighted by molar-refractivity contribution is 0.139. The molecule has 0 unspecified atom stereocenters. The molecule has 3 rings (SSSR count). The number of likely N-dealkylation sites (tertiary alicyclic amines) is 1. The van der Waals surface area contributed by atoms with Gasteiger partial charge in [0.1, 0.15) is 12.4 Å². The minimum Gasteiger partial charge on any atom is -0.377 e. The summed E-state index contributed by atoms with van der Waals surface area (Å²) in [6.07, 6.45) is 7.14. The number of methoxy groups -OCH3 is 1. The van der Waals surface area contributed by atoms with Gasteiger partial charge >= 0.3 is 0 Å². The second-order valence-corrected chi connectivity index (χ2v) is 5.98. The van der Waals surface area contributed by atoms with Crippen molar-refractivity contribution in [2.75, 3.05) is 13.7 Å². The van der Waals surface area contributed by atoms with Gasteiger partial charge < -0.3 is 4.74 Å². The molecule has 2 aromatic rings. The number of ether oxygens (including phenoxy) is 1.